The minimum absolute atomic E-state index is 0.0300. The largest absolute Gasteiger partial charge is 0.461 e. The number of aliphatic hydroxyl groups excluding tert-OH is 1. The number of alkyl halides is 4. The van der Waals surface area contributed by atoms with Crippen molar-refractivity contribution in [2.24, 2.45) is 0 Å². The van der Waals surface area contributed by atoms with Gasteiger partial charge in [0.15, 0.2) is 0 Å². The number of halogens is 4. The Morgan fingerprint density at radius 3 is 2.58 bits per heavy atom. The summed E-state index contributed by atoms with van der Waals surface area (Å²) in [5.74, 6) is -0.290. The van der Waals surface area contributed by atoms with Crippen LogP contribution in [0.25, 0.3) is 0 Å². The maximum atomic E-state index is 13.1. The molecular weight excluding hydrogens is 328 g/mol. The maximum absolute atomic E-state index is 13.1. The third kappa shape index (κ3) is 5.06. The molecule has 1 saturated heterocycles. The number of hydrogen-bond acceptors (Lipinski definition) is 4. The highest BCUT2D eigenvalue weighted by Gasteiger charge is 2.44. The number of nitrogens with one attached hydrogen (secondary N) is 1. The molecular formula is C16H22F4N2O2. The zero-order valence-corrected chi connectivity index (χ0v) is 13.2. The fourth-order valence-corrected chi connectivity index (χ4v) is 2.83. The third-order valence-corrected chi connectivity index (χ3v) is 3.98. The van der Waals surface area contributed by atoms with Crippen molar-refractivity contribution >= 4 is 0 Å². The van der Waals surface area contributed by atoms with Gasteiger partial charge in [-0.25, -0.2) is 0 Å². The van der Waals surface area contributed by atoms with E-state index < -0.39 is 12.5 Å². The molecule has 136 valence electrons. The minimum atomic E-state index is -4.52. The van der Waals surface area contributed by atoms with Gasteiger partial charge in [-0.3, -0.25) is 4.90 Å². The van der Waals surface area contributed by atoms with Gasteiger partial charge in [-0.15, -0.1) is 0 Å². The van der Waals surface area contributed by atoms with E-state index in [1.165, 1.54) is 18.2 Å². The van der Waals surface area contributed by atoms with E-state index in [1.54, 1.807) is 6.07 Å². The normalized spacial score (nSPS) is 17.9. The second-order valence-corrected chi connectivity index (χ2v) is 5.70. The van der Waals surface area contributed by atoms with Gasteiger partial charge in [-0.1, -0.05) is 12.1 Å². The second-order valence-electron chi connectivity index (χ2n) is 5.70. The van der Waals surface area contributed by atoms with Crippen LogP contribution in [0.1, 0.15) is 24.4 Å². The molecule has 1 aromatic rings. The summed E-state index contributed by atoms with van der Waals surface area (Å²) in [6.07, 6.45) is -7.20. The molecule has 4 nitrogen and oxygen atoms in total. The Balaban J connectivity index is 2.18. The van der Waals surface area contributed by atoms with E-state index in [1.807, 2.05) is 0 Å². The van der Waals surface area contributed by atoms with Gasteiger partial charge in [0, 0.05) is 38.8 Å². The van der Waals surface area contributed by atoms with Crippen molar-refractivity contribution < 1.29 is 27.4 Å². The van der Waals surface area contributed by atoms with Gasteiger partial charge in [-0.05, 0) is 30.5 Å². The summed E-state index contributed by atoms with van der Waals surface area (Å²) < 4.78 is 55.0. The molecule has 1 aliphatic heterocycles. The fourth-order valence-electron chi connectivity index (χ4n) is 2.83. The first kappa shape index (κ1) is 19.0. The van der Waals surface area contributed by atoms with Crippen molar-refractivity contribution in [2.75, 3.05) is 32.8 Å². The summed E-state index contributed by atoms with van der Waals surface area (Å²) in [6, 6.07) is 5.81. The predicted molar refractivity (Wildman–Crippen MR) is 81.5 cm³/mol. The van der Waals surface area contributed by atoms with Crippen LogP contribution in [-0.4, -0.2) is 55.3 Å². The fraction of sp³-hybridized carbons (Fsp3) is 0.625. The number of benzene rings is 1. The van der Waals surface area contributed by atoms with Crippen LogP contribution in [0, 0.1) is 0 Å². The van der Waals surface area contributed by atoms with Crippen molar-refractivity contribution in [1.82, 2.24) is 10.2 Å². The lowest BCUT2D eigenvalue weighted by Gasteiger charge is -2.35. The Morgan fingerprint density at radius 2 is 1.96 bits per heavy atom. The van der Waals surface area contributed by atoms with Crippen molar-refractivity contribution in [3.05, 3.63) is 29.8 Å². The summed E-state index contributed by atoms with van der Waals surface area (Å²) in [5.41, 5.74) is 0.716. The SMILES string of the molecule is OCCC[C@@H](c1cccc(OC(F)(F)C(F)F)c1)N1CCNCC1. The molecule has 0 unspecified atom stereocenters. The average molecular weight is 350 g/mol. The molecule has 1 aromatic carbocycles. The maximum Gasteiger partial charge on any atom is 0.461 e. The van der Waals surface area contributed by atoms with Crippen LogP contribution in [0.15, 0.2) is 24.3 Å². The molecule has 0 aromatic heterocycles. The number of rotatable bonds is 8. The van der Waals surface area contributed by atoms with Gasteiger partial charge in [0.1, 0.15) is 5.75 Å². The Kier molecular flexibility index (Phi) is 6.82. The molecule has 0 aliphatic carbocycles. The van der Waals surface area contributed by atoms with Crippen LogP contribution >= 0.6 is 0 Å². The van der Waals surface area contributed by atoms with Gasteiger partial charge in [-0.2, -0.15) is 17.6 Å². The van der Waals surface area contributed by atoms with Gasteiger partial charge < -0.3 is 15.2 Å². The molecule has 0 saturated carbocycles. The minimum Gasteiger partial charge on any atom is -0.428 e. The predicted octanol–water partition coefficient (Wildman–Crippen LogP) is 2.64. The highest BCUT2D eigenvalue weighted by molar-refractivity contribution is 5.31. The van der Waals surface area contributed by atoms with Gasteiger partial charge >= 0.3 is 12.5 Å². The van der Waals surface area contributed by atoms with Crippen molar-refractivity contribution in [3.63, 3.8) is 0 Å². The van der Waals surface area contributed by atoms with Crippen LogP contribution in [0.3, 0.4) is 0 Å². The van der Waals surface area contributed by atoms with E-state index in [2.05, 4.69) is 15.0 Å². The molecule has 1 aliphatic rings. The molecule has 1 fully saturated rings. The molecule has 0 amide bonds. The molecule has 2 rings (SSSR count). The number of hydrogen-bond donors (Lipinski definition) is 2. The molecule has 0 bridgehead atoms. The zero-order chi connectivity index (χ0) is 17.6. The highest BCUT2D eigenvalue weighted by atomic mass is 19.3. The summed E-state index contributed by atoms with van der Waals surface area (Å²) in [5, 5.41) is 12.3. The van der Waals surface area contributed by atoms with Crippen molar-refractivity contribution in [1.29, 1.82) is 0 Å². The van der Waals surface area contributed by atoms with E-state index >= 15 is 0 Å². The average Bonchev–Trinajstić information content (AvgIpc) is 2.56. The number of ether oxygens (including phenoxy) is 1. The molecule has 0 radical (unpaired) electrons. The van der Waals surface area contributed by atoms with E-state index in [0.29, 0.717) is 18.4 Å². The molecule has 24 heavy (non-hydrogen) atoms. The Morgan fingerprint density at radius 1 is 1.25 bits per heavy atom. The molecule has 8 heteroatoms. The molecule has 1 atom stereocenters. The number of nitrogens with zero attached hydrogens (tertiary/aromatic N) is 1. The monoisotopic (exact) mass is 350 g/mol. The van der Waals surface area contributed by atoms with Crippen LogP contribution in [-0.2, 0) is 0 Å². The van der Waals surface area contributed by atoms with E-state index in [9.17, 15) is 17.6 Å². The van der Waals surface area contributed by atoms with E-state index in [-0.39, 0.29) is 18.4 Å². The van der Waals surface area contributed by atoms with Crippen LogP contribution in [0.4, 0.5) is 17.6 Å². The summed E-state index contributed by atoms with van der Waals surface area (Å²) in [7, 11) is 0. The standard InChI is InChI=1S/C16H22F4N2O2/c17-15(18)16(19,20)24-13-4-1-3-12(11-13)14(5-2-10-23)22-8-6-21-7-9-22/h1,3-4,11,14-15,21,23H,2,5-10H2/t14-/m0/s1. The summed E-state index contributed by atoms with van der Waals surface area (Å²) in [6.45, 7) is 3.23. The lowest BCUT2D eigenvalue weighted by molar-refractivity contribution is -0.253. The lowest BCUT2D eigenvalue weighted by Crippen LogP contribution is -2.45. The number of aliphatic hydroxyl groups is 1. The van der Waals surface area contributed by atoms with E-state index in [0.717, 1.165) is 26.2 Å². The quantitative estimate of drug-likeness (QED) is 0.708. The topological polar surface area (TPSA) is 44.7 Å². The first-order valence-electron chi connectivity index (χ1n) is 7.94. The van der Waals surface area contributed by atoms with Crippen LogP contribution in [0.5, 0.6) is 5.75 Å². The Hall–Kier alpha value is -1.38. The third-order valence-electron chi connectivity index (χ3n) is 3.98. The smallest absolute Gasteiger partial charge is 0.428 e. The van der Waals surface area contributed by atoms with Crippen LogP contribution in [0.2, 0.25) is 0 Å². The molecule has 1 heterocycles. The van der Waals surface area contributed by atoms with E-state index in [4.69, 9.17) is 5.11 Å². The van der Waals surface area contributed by atoms with Gasteiger partial charge in [0.2, 0.25) is 0 Å². The zero-order valence-electron chi connectivity index (χ0n) is 13.2. The lowest BCUT2D eigenvalue weighted by atomic mass is 9.99. The first-order chi connectivity index (χ1) is 11.4. The summed E-state index contributed by atoms with van der Waals surface area (Å²) >= 11 is 0. The first-order valence-corrected chi connectivity index (χ1v) is 7.94. The van der Waals surface area contributed by atoms with Crippen molar-refractivity contribution in [3.8, 4) is 5.75 Å². The van der Waals surface area contributed by atoms with Gasteiger partial charge in [0.05, 0.1) is 0 Å². The number of piperazine rings is 1. The van der Waals surface area contributed by atoms with Gasteiger partial charge in [0.25, 0.3) is 0 Å². The second kappa shape index (κ2) is 8.64. The van der Waals surface area contributed by atoms with Crippen LogP contribution < -0.4 is 10.1 Å². The van der Waals surface area contributed by atoms with Crippen molar-refractivity contribution in [2.45, 2.75) is 31.4 Å². The Labute approximate surface area is 138 Å². The molecule has 2 N–H and O–H groups in total. The Bertz CT molecular complexity index is 511. The highest BCUT2D eigenvalue weighted by Crippen LogP contribution is 2.32. The summed E-state index contributed by atoms with van der Waals surface area (Å²) in [4.78, 5) is 2.19. The molecule has 0 spiro atoms.